The fourth-order valence-electron chi connectivity index (χ4n) is 2.99. The summed E-state index contributed by atoms with van der Waals surface area (Å²) in [6, 6.07) is -0.661. The minimum atomic E-state index is -1.05. The standard InChI is InChI=1S/C16H25N3O5/c1-11(2)10-13(21)14-18-19(8-9-20,16(23)24-14)15(22)17-12-6-4-3-5-7-12/h11-12,20H,3-10H2,1-2H3/p+1. The number of nitrogens with one attached hydrogen (secondary N) is 1. The van der Waals surface area contributed by atoms with Crippen molar-refractivity contribution >= 4 is 23.8 Å². The van der Waals surface area contributed by atoms with Crippen molar-refractivity contribution < 1.29 is 28.8 Å². The van der Waals surface area contributed by atoms with Crippen molar-refractivity contribution in [1.29, 1.82) is 0 Å². The predicted octanol–water partition coefficient (Wildman–Crippen LogP) is 1.92. The Morgan fingerprint density at radius 3 is 2.58 bits per heavy atom. The summed E-state index contributed by atoms with van der Waals surface area (Å²) in [6.45, 7) is 3.04. The van der Waals surface area contributed by atoms with Crippen LogP contribution in [0.4, 0.5) is 9.59 Å². The maximum absolute atomic E-state index is 12.7. The van der Waals surface area contributed by atoms with Crippen molar-refractivity contribution in [2.45, 2.75) is 58.4 Å². The summed E-state index contributed by atoms with van der Waals surface area (Å²) >= 11 is 0. The zero-order valence-electron chi connectivity index (χ0n) is 14.3. The van der Waals surface area contributed by atoms with Gasteiger partial charge < -0.3 is 15.2 Å². The van der Waals surface area contributed by atoms with E-state index in [4.69, 9.17) is 4.74 Å². The van der Waals surface area contributed by atoms with E-state index in [-0.39, 0.29) is 30.8 Å². The molecule has 8 heteroatoms. The number of carbonyl (C=O) groups excluding carboxylic acids is 3. The average molecular weight is 340 g/mol. The Labute approximate surface area is 141 Å². The topological polar surface area (TPSA) is 105 Å². The third-order valence-corrected chi connectivity index (χ3v) is 4.27. The SMILES string of the molecule is CC(C)CC(=O)C1=N[N+](CCO)(C(=O)NC2CCCCC2)C(=O)O1. The van der Waals surface area contributed by atoms with Gasteiger partial charge in [0.05, 0.1) is 6.61 Å². The molecule has 2 N–H and O–H groups in total. The maximum Gasteiger partial charge on any atom is 0.560 e. The molecule has 2 aliphatic rings. The van der Waals surface area contributed by atoms with Crippen LogP contribution in [0, 0.1) is 5.92 Å². The summed E-state index contributed by atoms with van der Waals surface area (Å²) in [6.07, 6.45) is 4.12. The number of Topliss-reactive ketones (excluding diaryl/α,β-unsaturated/α-hetero) is 1. The second-order valence-corrected chi connectivity index (χ2v) is 6.80. The molecule has 0 aromatic carbocycles. The van der Waals surface area contributed by atoms with Crippen molar-refractivity contribution in [3.8, 4) is 0 Å². The number of ketones is 1. The molecule has 1 aliphatic carbocycles. The minimum Gasteiger partial charge on any atom is -0.390 e. The second-order valence-electron chi connectivity index (χ2n) is 6.80. The molecular weight excluding hydrogens is 314 g/mol. The summed E-state index contributed by atoms with van der Waals surface area (Å²) in [7, 11) is 0. The summed E-state index contributed by atoms with van der Waals surface area (Å²) in [4.78, 5) is 37.0. The zero-order chi connectivity index (χ0) is 17.7. The van der Waals surface area contributed by atoms with Crippen molar-refractivity contribution in [2.24, 2.45) is 11.0 Å². The molecule has 24 heavy (non-hydrogen) atoms. The van der Waals surface area contributed by atoms with Crippen molar-refractivity contribution in [2.75, 3.05) is 13.2 Å². The monoisotopic (exact) mass is 340 g/mol. The zero-order valence-corrected chi connectivity index (χ0v) is 14.3. The molecule has 0 radical (unpaired) electrons. The van der Waals surface area contributed by atoms with E-state index in [0.29, 0.717) is 0 Å². The number of hydrogen-bond donors (Lipinski definition) is 2. The van der Waals surface area contributed by atoms with E-state index in [2.05, 4.69) is 10.4 Å². The number of cyclic esters (lactones) is 1. The molecule has 134 valence electrons. The third-order valence-electron chi connectivity index (χ3n) is 4.27. The van der Waals surface area contributed by atoms with Gasteiger partial charge in [-0.15, -0.1) is 0 Å². The Kier molecular flexibility index (Phi) is 6.06. The highest BCUT2D eigenvalue weighted by Gasteiger charge is 2.55. The van der Waals surface area contributed by atoms with Gasteiger partial charge in [0.2, 0.25) is 5.78 Å². The van der Waals surface area contributed by atoms with Crippen LogP contribution in [0.1, 0.15) is 52.4 Å². The molecule has 3 amide bonds. The highest BCUT2D eigenvalue weighted by atomic mass is 16.6. The van der Waals surface area contributed by atoms with Crippen LogP contribution in [0.25, 0.3) is 0 Å². The number of aliphatic hydroxyl groups is 1. The van der Waals surface area contributed by atoms with E-state index < -0.39 is 29.1 Å². The summed E-state index contributed by atoms with van der Waals surface area (Å²) in [5.74, 6) is -0.682. The lowest BCUT2D eigenvalue weighted by Crippen LogP contribution is -2.58. The number of nitrogens with zero attached hydrogens (tertiary/aromatic N) is 2. The number of ether oxygens (including phenoxy) is 1. The van der Waals surface area contributed by atoms with E-state index in [1.807, 2.05) is 13.8 Å². The Morgan fingerprint density at radius 1 is 1.33 bits per heavy atom. The van der Waals surface area contributed by atoms with Crippen LogP contribution in [-0.4, -0.2) is 52.7 Å². The van der Waals surface area contributed by atoms with Crippen LogP contribution < -0.4 is 5.32 Å². The van der Waals surface area contributed by atoms with Crippen LogP contribution >= 0.6 is 0 Å². The molecule has 8 nitrogen and oxygen atoms in total. The molecule has 1 saturated carbocycles. The van der Waals surface area contributed by atoms with E-state index in [1.165, 1.54) is 0 Å². The van der Waals surface area contributed by atoms with E-state index >= 15 is 0 Å². The Hall–Kier alpha value is -1.80. The Bertz CT molecular complexity index is 540. The highest BCUT2D eigenvalue weighted by molar-refractivity contribution is 6.38. The minimum absolute atomic E-state index is 0.0154. The van der Waals surface area contributed by atoms with Crippen molar-refractivity contribution in [1.82, 2.24) is 5.32 Å². The number of urea groups is 1. The fraction of sp³-hybridized carbons (Fsp3) is 0.750. The Balaban J connectivity index is 2.18. The molecule has 1 atom stereocenters. The number of imide groups is 1. The molecule has 0 aromatic heterocycles. The van der Waals surface area contributed by atoms with E-state index in [9.17, 15) is 19.5 Å². The van der Waals surface area contributed by atoms with E-state index in [1.54, 1.807) is 0 Å². The number of rotatable bonds is 6. The van der Waals surface area contributed by atoms with Crippen molar-refractivity contribution in [3.63, 3.8) is 0 Å². The lowest BCUT2D eigenvalue weighted by molar-refractivity contribution is -0.776. The van der Waals surface area contributed by atoms with Gasteiger partial charge in [0, 0.05) is 12.5 Å². The van der Waals surface area contributed by atoms with Gasteiger partial charge in [0.25, 0.3) is 0 Å². The summed E-state index contributed by atoms with van der Waals surface area (Å²) < 4.78 is 3.92. The quantitative estimate of drug-likeness (QED) is 0.719. The van der Waals surface area contributed by atoms with Gasteiger partial charge in [0.1, 0.15) is 6.54 Å². The van der Waals surface area contributed by atoms with Gasteiger partial charge in [-0.1, -0.05) is 33.1 Å². The lowest BCUT2D eigenvalue weighted by Gasteiger charge is -2.25. The van der Waals surface area contributed by atoms with Crippen LogP contribution in [0.5, 0.6) is 0 Å². The predicted molar refractivity (Wildman–Crippen MR) is 86.0 cm³/mol. The second kappa shape index (κ2) is 7.85. The van der Waals surface area contributed by atoms with Crippen LogP contribution in [-0.2, 0) is 9.53 Å². The third kappa shape index (κ3) is 3.99. The average Bonchev–Trinajstić information content (AvgIpc) is 2.86. The molecule has 0 aromatic rings. The first-order valence-corrected chi connectivity index (χ1v) is 8.55. The fourth-order valence-corrected chi connectivity index (χ4v) is 2.99. The van der Waals surface area contributed by atoms with Gasteiger partial charge in [-0.05, 0) is 28.5 Å². The first-order valence-electron chi connectivity index (χ1n) is 8.55. The molecule has 1 heterocycles. The van der Waals surface area contributed by atoms with Gasteiger partial charge in [-0.2, -0.15) is 4.79 Å². The summed E-state index contributed by atoms with van der Waals surface area (Å²) in [5.41, 5.74) is 0. The van der Waals surface area contributed by atoms with Crippen molar-refractivity contribution in [3.05, 3.63) is 0 Å². The van der Waals surface area contributed by atoms with E-state index in [0.717, 1.165) is 32.1 Å². The van der Waals surface area contributed by atoms with Crippen LogP contribution in [0.15, 0.2) is 5.10 Å². The molecule has 0 saturated heterocycles. The molecule has 1 unspecified atom stereocenters. The smallest absolute Gasteiger partial charge is 0.390 e. The molecule has 0 spiro atoms. The first kappa shape index (κ1) is 18.5. The lowest BCUT2D eigenvalue weighted by atomic mass is 9.96. The van der Waals surface area contributed by atoms with Crippen LogP contribution in [0.3, 0.4) is 0 Å². The molecule has 0 bridgehead atoms. The van der Waals surface area contributed by atoms with Gasteiger partial charge in [0.15, 0.2) is 0 Å². The number of quaternary nitrogens is 1. The molecule has 1 fully saturated rings. The normalized spacial score (nSPS) is 24.7. The molecule has 1 aliphatic heterocycles. The van der Waals surface area contributed by atoms with Gasteiger partial charge in [-0.3, -0.25) is 4.79 Å². The number of carbonyl (C=O) groups is 3. The largest absolute Gasteiger partial charge is 0.560 e. The number of amides is 3. The van der Waals surface area contributed by atoms with Gasteiger partial charge >= 0.3 is 18.0 Å². The maximum atomic E-state index is 12.7. The van der Waals surface area contributed by atoms with Crippen LogP contribution in [0.2, 0.25) is 0 Å². The van der Waals surface area contributed by atoms with Gasteiger partial charge in [-0.25, -0.2) is 4.79 Å². The first-order chi connectivity index (χ1) is 11.4. The highest BCUT2D eigenvalue weighted by Crippen LogP contribution is 2.23. The molecular formula is C16H26N3O5+. The number of aliphatic hydroxyl groups excluding tert-OH is 1. The summed E-state index contributed by atoms with van der Waals surface area (Å²) in [5, 5.41) is 16.1. The Morgan fingerprint density at radius 2 is 2.00 bits per heavy atom. The number of hydrogen-bond acceptors (Lipinski definition) is 6. The molecule has 2 rings (SSSR count).